The van der Waals surface area contributed by atoms with Crippen molar-refractivity contribution in [2.75, 3.05) is 20.2 Å². The van der Waals surface area contributed by atoms with Gasteiger partial charge in [0.25, 0.3) is 0 Å². The minimum absolute atomic E-state index is 0.605. The molecule has 0 atom stereocenters. The second-order valence-electron chi connectivity index (χ2n) is 7.87. The van der Waals surface area contributed by atoms with Gasteiger partial charge in [-0.3, -0.25) is 10.5 Å². The predicted octanol–water partition coefficient (Wildman–Crippen LogP) is 5.11. The van der Waals surface area contributed by atoms with E-state index in [0.29, 0.717) is 11.5 Å². The van der Waals surface area contributed by atoms with Crippen molar-refractivity contribution in [1.82, 2.24) is 20.1 Å². The van der Waals surface area contributed by atoms with E-state index in [2.05, 4.69) is 38.3 Å². The number of methoxy groups -OCH3 is 1. The predicted molar refractivity (Wildman–Crippen MR) is 124 cm³/mol. The molecule has 0 bridgehead atoms. The Morgan fingerprint density at radius 3 is 2.68 bits per heavy atom. The normalized spacial score (nSPS) is 14.0. The van der Waals surface area contributed by atoms with Gasteiger partial charge in [-0.15, -0.1) is 0 Å². The first-order valence-electron chi connectivity index (χ1n) is 10.7. The number of piperidine rings is 1. The van der Waals surface area contributed by atoms with Crippen molar-refractivity contribution in [2.24, 2.45) is 0 Å². The number of nitrogens with zero attached hydrogens (tertiary/aromatic N) is 3. The lowest BCUT2D eigenvalue weighted by Gasteiger charge is -2.29. The summed E-state index contributed by atoms with van der Waals surface area (Å²) in [5.74, 6) is 1.39. The number of H-pyrrole nitrogens is 1. The maximum atomic E-state index is 8.66. The maximum absolute atomic E-state index is 8.66. The van der Waals surface area contributed by atoms with Crippen molar-refractivity contribution < 1.29 is 4.74 Å². The van der Waals surface area contributed by atoms with Crippen LogP contribution in [-0.2, 0) is 0 Å². The number of aromatic nitrogens is 3. The van der Waals surface area contributed by atoms with Gasteiger partial charge >= 0.3 is 0 Å². The Morgan fingerprint density at radius 1 is 1.00 bits per heavy atom. The molecule has 5 rings (SSSR count). The number of amidine groups is 1. The van der Waals surface area contributed by atoms with E-state index in [1.165, 1.54) is 6.42 Å². The molecule has 6 heteroatoms. The fourth-order valence-electron chi connectivity index (χ4n) is 4.26. The van der Waals surface area contributed by atoms with E-state index >= 15 is 0 Å². The van der Waals surface area contributed by atoms with Gasteiger partial charge in [-0.2, -0.15) is 5.10 Å². The van der Waals surface area contributed by atoms with E-state index in [1.54, 1.807) is 7.11 Å². The second-order valence-corrected chi connectivity index (χ2v) is 7.87. The number of para-hydroxylation sites is 1. The average molecular weight is 412 g/mol. The quantitative estimate of drug-likeness (QED) is 0.361. The number of ether oxygens (including phenoxy) is 1. The van der Waals surface area contributed by atoms with Crippen molar-refractivity contribution in [3.05, 3.63) is 66.4 Å². The fraction of sp³-hybridized carbons (Fsp3) is 0.240. The Balaban J connectivity index is 1.53. The van der Waals surface area contributed by atoms with Crippen LogP contribution in [0.5, 0.6) is 5.75 Å². The molecule has 1 fully saturated rings. The third-order valence-electron chi connectivity index (χ3n) is 5.93. The number of nitrogens with one attached hydrogen (secondary N) is 2. The third kappa shape index (κ3) is 3.65. The highest BCUT2D eigenvalue weighted by molar-refractivity contribution is 5.98. The summed E-state index contributed by atoms with van der Waals surface area (Å²) < 4.78 is 5.54. The van der Waals surface area contributed by atoms with Gasteiger partial charge in [0.2, 0.25) is 0 Å². The molecule has 0 radical (unpaired) electrons. The number of rotatable bonds is 4. The Bertz CT molecular complexity index is 1240. The van der Waals surface area contributed by atoms with Crippen LogP contribution in [0.2, 0.25) is 0 Å². The maximum Gasteiger partial charge on any atom is 0.181 e. The van der Waals surface area contributed by atoms with E-state index in [0.717, 1.165) is 65.0 Å². The summed E-state index contributed by atoms with van der Waals surface area (Å²) in [5, 5.41) is 17.1. The summed E-state index contributed by atoms with van der Waals surface area (Å²) in [7, 11) is 1.67. The molecule has 1 saturated heterocycles. The highest BCUT2D eigenvalue weighted by atomic mass is 16.5. The number of aromatic amines is 1. The highest BCUT2D eigenvalue weighted by Gasteiger charge is 2.17. The first-order valence-corrected chi connectivity index (χ1v) is 10.7. The van der Waals surface area contributed by atoms with Crippen molar-refractivity contribution in [3.8, 4) is 28.1 Å². The molecule has 3 heterocycles. The molecular formula is C25H25N5O. The van der Waals surface area contributed by atoms with Gasteiger partial charge in [-0.1, -0.05) is 30.3 Å². The molecule has 0 unspecified atom stereocenters. The molecule has 2 N–H and O–H groups in total. The topological polar surface area (TPSA) is 77.9 Å². The van der Waals surface area contributed by atoms with E-state index in [4.69, 9.17) is 10.1 Å². The zero-order valence-electron chi connectivity index (χ0n) is 17.6. The Morgan fingerprint density at radius 2 is 1.84 bits per heavy atom. The molecule has 4 aromatic rings. The van der Waals surface area contributed by atoms with Crippen LogP contribution in [0.3, 0.4) is 0 Å². The average Bonchev–Trinajstić information content (AvgIpc) is 3.27. The van der Waals surface area contributed by atoms with Crippen LogP contribution in [0.1, 0.15) is 24.8 Å². The summed E-state index contributed by atoms with van der Waals surface area (Å²) in [6, 6.07) is 18.2. The monoisotopic (exact) mass is 411 g/mol. The Hall–Kier alpha value is -3.67. The van der Waals surface area contributed by atoms with Gasteiger partial charge in [0.05, 0.1) is 12.8 Å². The number of pyridine rings is 1. The fourth-order valence-corrected chi connectivity index (χ4v) is 4.26. The number of hydrogen-bond donors (Lipinski definition) is 2. The summed E-state index contributed by atoms with van der Waals surface area (Å²) in [5.41, 5.74) is 5.49. The van der Waals surface area contributed by atoms with Crippen LogP contribution in [-0.4, -0.2) is 46.1 Å². The van der Waals surface area contributed by atoms with Crippen molar-refractivity contribution >= 4 is 16.9 Å². The molecule has 31 heavy (non-hydrogen) atoms. The van der Waals surface area contributed by atoms with Gasteiger partial charge < -0.3 is 9.64 Å². The molecule has 1 aliphatic rings. The Kier molecular flexibility index (Phi) is 5.12. The van der Waals surface area contributed by atoms with Crippen LogP contribution in [0, 0.1) is 5.41 Å². The molecule has 2 aromatic carbocycles. The van der Waals surface area contributed by atoms with Gasteiger partial charge in [-0.05, 0) is 49.1 Å². The summed E-state index contributed by atoms with van der Waals surface area (Å²) in [6.45, 7) is 1.93. The first kappa shape index (κ1) is 19.3. The highest BCUT2D eigenvalue weighted by Crippen LogP contribution is 2.34. The van der Waals surface area contributed by atoms with Gasteiger partial charge in [-0.25, -0.2) is 4.98 Å². The number of likely N-dealkylation sites (tertiary alicyclic amines) is 1. The second kappa shape index (κ2) is 8.22. The van der Waals surface area contributed by atoms with E-state index in [-0.39, 0.29) is 0 Å². The lowest BCUT2D eigenvalue weighted by atomic mass is 10.0. The van der Waals surface area contributed by atoms with Crippen LogP contribution in [0.15, 0.2) is 60.8 Å². The van der Waals surface area contributed by atoms with Gasteiger partial charge in [0.15, 0.2) is 5.65 Å². The minimum Gasteiger partial charge on any atom is -0.496 e. The molecule has 6 nitrogen and oxygen atoms in total. The smallest absolute Gasteiger partial charge is 0.181 e. The Labute approximate surface area is 181 Å². The molecule has 0 amide bonds. The van der Waals surface area contributed by atoms with Crippen LogP contribution < -0.4 is 4.74 Å². The molecule has 156 valence electrons. The van der Waals surface area contributed by atoms with E-state index in [9.17, 15) is 0 Å². The minimum atomic E-state index is 0.605. The van der Waals surface area contributed by atoms with Crippen LogP contribution >= 0.6 is 0 Å². The number of hydrogen-bond acceptors (Lipinski definition) is 4. The van der Waals surface area contributed by atoms with Crippen molar-refractivity contribution in [2.45, 2.75) is 19.3 Å². The lowest BCUT2D eigenvalue weighted by molar-refractivity contribution is 0.341. The standard InChI is InChI=1S/C25H25N5O/c1-31-22-11-4-3-10-20(22)23-21-15-19(16-27-25(21)29-28-23)17-8-7-9-18(14-17)24(26)30-12-5-2-6-13-30/h3-4,7-11,14-16,26H,2,5-6,12-13H2,1H3,(H,27,28,29). The van der Waals surface area contributed by atoms with Gasteiger partial charge in [0, 0.05) is 41.4 Å². The molecule has 1 aliphatic heterocycles. The molecule has 2 aromatic heterocycles. The molecule has 0 saturated carbocycles. The largest absolute Gasteiger partial charge is 0.496 e. The summed E-state index contributed by atoms with van der Waals surface area (Å²) in [6.07, 6.45) is 5.43. The lowest BCUT2D eigenvalue weighted by Crippen LogP contribution is -2.35. The number of fused-ring (bicyclic) bond motifs is 1. The van der Waals surface area contributed by atoms with E-state index < -0.39 is 0 Å². The SMILES string of the molecule is COc1ccccc1-c1[nH]nc2ncc(-c3cccc(C(=N)N4CCCCC4)c3)cc12. The molecular weight excluding hydrogens is 386 g/mol. The summed E-state index contributed by atoms with van der Waals surface area (Å²) in [4.78, 5) is 6.76. The summed E-state index contributed by atoms with van der Waals surface area (Å²) >= 11 is 0. The number of benzene rings is 2. The molecule has 0 spiro atoms. The van der Waals surface area contributed by atoms with Gasteiger partial charge in [0.1, 0.15) is 11.6 Å². The van der Waals surface area contributed by atoms with E-state index in [1.807, 2.05) is 42.6 Å². The third-order valence-corrected chi connectivity index (χ3v) is 5.93. The van der Waals surface area contributed by atoms with Crippen molar-refractivity contribution in [1.29, 1.82) is 5.41 Å². The van der Waals surface area contributed by atoms with Crippen LogP contribution in [0.25, 0.3) is 33.4 Å². The first-order chi connectivity index (χ1) is 15.2. The van der Waals surface area contributed by atoms with Crippen molar-refractivity contribution in [3.63, 3.8) is 0 Å². The van der Waals surface area contributed by atoms with Crippen LogP contribution in [0.4, 0.5) is 0 Å². The zero-order chi connectivity index (χ0) is 21.2. The molecule has 0 aliphatic carbocycles. The zero-order valence-corrected chi connectivity index (χ0v) is 17.6.